The average Bonchev–Trinajstić information content (AvgIpc) is 2.40. The lowest BCUT2D eigenvalue weighted by Crippen LogP contribution is -2.36. The fourth-order valence-corrected chi connectivity index (χ4v) is 2.15. The van der Waals surface area contributed by atoms with Gasteiger partial charge in [0.1, 0.15) is 0 Å². The van der Waals surface area contributed by atoms with Crippen molar-refractivity contribution in [1.82, 2.24) is 10.6 Å². The van der Waals surface area contributed by atoms with Gasteiger partial charge in [-0.25, -0.2) is 0 Å². The van der Waals surface area contributed by atoms with Gasteiger partial charge in [0.15, 0.2) is 0 Å². The molecule has 0 atom stereocenters. The third-order valence-electron chi connectivity index (χ3n) is 3.26. The SMILES string of the molecule is CNCCCC(=O)NCC(C)(C)c1ccc(Cl)c(Cl)c1. The Morgan fingerprint density at radius 2 is 1.95 bits per heavy atom. The maximum Gasteiger partial charge on any atom is 0.220 e. The van der Waals surface area contributed by atoms with E-state index in [2.05, 4.69) is 24.5 Å². The molecule has 0 radical (unpaired) electrons. The molecular formula is C15H22Cl2N2O. The summed E-state index contributed by atoms with van der Waals surface area (Å²) in [5.74, 6) is 0.0772. The molecule has 20 heavy (non-hydrogen) atoms. The Labute approximate surface area is 131 Å². The van der Waals surface area contributed by atoms with Crippen LogP contribution in [0.25, 0.3) is 0 Å². The standard InChI is InChI=1S/C15H22Cl2N2O/c1-15(2,10-19-14(20)5-4-8-18-3)11-6-7-12(16)13(17)9-11/h6-7,9,18H,4-5,8,10H2,1-3H3,(H,19,20). The molecule has 1 aromatic rings. The van der Waals surface area contributed by atoms with Crippen LogP contribution in [0, 0.1) is 0 Å². The van der Waals surface area contributed by atoms with Gasteiger partial charge >= 0.3 is 0 Å². The van der Waals surface area contributed by atoms with Crippen LogP contribution in [0.5, 0.6) is 0 Å². The van der Waals surface area contributed by atoms with Crippen molar-refractivity contribution in [1.29, 1.82) is 0 Å². The number of nitrogens with one attached hydrogen (secondary N) is 2. The van der Waals surface area contributed by atoms with E-state index in [-0.39, 0.29) is 11.3 Å². The minimum absolute atomic E-state index is 0.0772. The van der Waals surface area contributed by atoms with Gasteiger partial charge in [-0.15, -0.1) is 0 Å². The zero-order valence-electron chi connectivity index (χ0n) is 12.2. The summed E-state index contributed by atoms with van der Waals surface area (Å²) in [6.45, 7) is 5.56. The second-order valence-corrected chi connectivity index (χ2v) is 6.31. The molecular weight excluding hydrogens is 295 g/mol. The molecule has 0 aromatic heterocycles. The maximum atomic E-state index is 11.7. The van der Waals surface area contributed by atoms with Crippen molar-refractivity contribution in [2.24, 2.45) is 0 Å². The molecule has 0 aliphatic rings. The monoisotopic (exact) mass is 316 g/mol. The first-order valence-electron chi connectivity index (χ1n) is 6.73. The van der Waals surface area contributed by atoms with E-state index in [0.717, 1.165) is 18.5 Å². The van der Waals surface area contributed by atoms with E-state index in [4.69, 9.17) is 23.2 Å². The summed E-state index contributed by atoms with van der Waals surface area (Å²) in [5, 5.41) is 7.08. The Morgan fingerprint density at radius 3 is 2.55 bits per heavy atom. The van der Waals surface area contributed by atoms with Crippen LogP contribution in [-0.4, -0.2) is 26.0 Å². The molecule has 0 aliphatic carbocycles. The van der Waals surface area contributed by atoms with Crippen molar-refractivity contribution in [2.75, 3.05) is 20.1 Å². The maximum absolute atomic E-state index is 11.7. The Balaban J connectivity index is 2.56. The lowest BCUT2D eigenvalue weighted by molar-refractivity contribution is -0.121. The second-order valence-electron chi connectivity index (χ2n) is 5.50. The summed E-state index contributed by atoms with van der Waals surface area (Å²) < 4.78 is 0. The van der Waals surface area contributed by atoms with Gasteiger partial charge in [-0.2, -0.15) is 0 Å². The van der Waals surface area contributed by atoms with Crippen LogP contribution >= 0.6 is 23.2 Å². The number of carbonyl (C=O) groups is 1. The quantitative estimate of drug-likeness (QED) is 0.757. The number of rotatable bonds is 7. The van der Waals surface area contributed by atoms with Crippen LogP contribution in [0.4, 0.5) is 0 Å². The van der Waals surface area contributed by atoms with E-state index in [9.17, 15) is 4.79 Å². The van der Waals surface area contributed by atoms with Gasteiger partial charge in [0, 0.05) is 18.4 Å². The first-order chi connectivity index (χ1) is 9.36. The van der Waals surface area contributed by atoms with Crippen molar-refractivity contribution in [3.63, 3.8) is 0 Å². The zero-order valence-corrected chi connectivity index (χ0v) is 13.7. The molecule has 1 aromatic carbocycles. The summed E-state index contributed by atoms with van der Waals surface area (Å²) in [5.41, 5.74) is 0.870. The van der Waals surface area contributed by atoms with Crippen LogP contribution in [-0.2, 0) is 10.2 Å². The molecule has 0 bridgehead atoms. The zero-order chi connectivity index (χ0) is 15.2. The van der Waals surface area contributed by atoms with Crippen molar-refractivity contribution < 1.29 is 4.79 Å². The minimum Gasteiger partial charge on any atom is -0.355 e. The van der Waals surface area contributed by atoms with E-state index in [0.29, 0.717) is 23.0 Å². The summed E-state index contributed by atoms with van der Waals surface area (Å²) in [6, 6.07) is 5.59. The van der Waals surface area contributed by atoms with E-state index in [1.807, 2.05) is 19.2 Å². The fourth-order valence-electron chi connectivity index (χ4n) is 1.85. The molecule has 1 amide bonds. The highest BCUT2D eigenvalue weighted by molar-refractivity contribution is 6.42. The lowest BCUT2D eigenvalue weighted by Gasteiger charge is -2.26. The minimum atomic E-state index is -0.188. The smallest absolute Gasteiger partial charge is 0.220 e. The Morgan fingerprint density at radius 1 is 1.25 bits per heavy atom. The third-order valence-corrected chi connectivity index (χ3v) is 4.00. The van der Waals surface area contributed by atoms with Gasteiger partial charge in [-0.1, -0.05) is 43.1 Å². The van der Waals surface area contributed by atoms with E-state index < -0.39 is 0 Å². The van der Waals surface area contributed by atoms with Gasteiger partial charge in [-0.05, 0) is 37.7 Å². The van der Waals surface area contributed by atoms with Crippen molar-refractivity contribution in [3.05, 3.63) is 33.8 Å². The molecule has 0 saturated carbocycles. The number of hydrogen-bond donors (Lipinski definition) is 2. The highest BCUT2D eigenvalue weighted by Gasteiger charge is 2.22. The Kier molecular flexibility index (Phi) is 6.80. The van der Waals surface area contributed by atoms with E-state index in [1.54, 1.807) is 6.07 Å². The van der Waals surface area contributed by atoms with Gasteiger partial charge in [0.2, 0.25) is 5.91 Å². The highest BCUT2D eigenvalue weighted by Crippen LogP contribution is 2.29. The summed E-state index contributed by atoms with van der Waals surface area (Å²) in [4.78, 5) is 11.7. The molecule has 0 heterocycles. The van der Waals surface area contributed by atoms with Gasteiger partial charge < -0.3 is 10.6 Å². The predicted molar refractivity (Wildman–Crippen MR) is 85.7 cm³/mol. The molecule has 0 spiro atoms. The fraction of sp³-hybridized carbons (Fsp3) is 0.533. The third kappa shape index (κ3) is 5.31. The number of halogens is 2. The normalized spacial score (nSPS) is 11.4. The van der Waals surface area contributed by atoms with Crippen LogP contribution < -0.4 is 10.6 Å². The average molecular weight is 317 g/mol. The second kappa shape index (κ2) is 7.87. The van der Waals surface area contributed by atoms with Crippen molar-refractivity contribution in [2.45, 2.75) is 32.1 Å². The van der Waals surface area contributed by atoms with E-state index in [1.165, 1.54) is 0 Å². The molecule has 5 heteroatoms. The number of benzene rings is 1. The largest absolute Gasteiger partial charge is 0.355 e. The van der Waals surface area contributed by atoms with Crippen LogP contribution in [0.2, 0.25) is 10.0 Å². The van der Waals surface area contributed by atoms with E-state index >= 15 is 0 Å². The molecule has 0 unspecified atom stereocenters. The molecule has 2 N–H and O–H groups in total. The lowest BCUT2D eigenvalue weighted by atomic mass is 9.84. The van der Waals surface area contributed by atoms with Crippen molar-refractivity contribution in [3.8, 4) is 0 Å². The van der Waals surface area contributed by atoms with Crippen LogP contribution in [0.1, 0.15) is 32.3 Å². The summed E-state index contributed by atoms with van der Waals surface area (Å²) >= 11 is 12.0. The molecule has 0 saturated heterocycles. The molecule has 0 aliphatic heterocycles. The Hall–Kier alpha value is -0.770. The summed E-state index contributed by atoms with van der Waals surface area (Å²) in [6.07, 6.45) is 1.38. The van der Waals surface area contributed by atoms with Crippen LogP contribution in [0.15, 0.2) is 18.2 Å². The first kappa shape index (κ1) is 17.3. The highest BCUT2D eigenvalue weighted by atomic mass is 35.5. The molecule has 1 rings (SSSR count). The number of carbonyl (C=O) groups excluding carboxylic acids is 1. The van der Waals surface area contributed by atoms with Gasteiger partial charge in [0.05, 0.1) is 10.0 Å². The number of hydrogen-bond acceptors (Lipinski definition) is 2. The van der Waals surface area contributed by atoms with Crippen LogP contribution in [0.3, 0.4) is 0 Å². The predicted octanol–water partition coefficient (Wildman–Crippen LogP) is 3.39. The summed E-state index contributed by atoms with van der Waals surface area (Å²) in [7, 11) is 1.88. The topological polar surface area (TPSA) is 41.1 Å². The first-order valence-corrected chi connectivity index (χ1v) is 7.49. The molecule has 112 valence electrons. The van der Waals surface area contributed by atoms with Gasteiger partial charge in [-0.3, -0.25) is 4.79 Å². The Bertz CT molecular complexity index is 461. The molecule has 3 nitrogen and oxygen atoms in total. The van der Waals surface area contributed by atoms with Crippen molar-refractivity contribution >= 4 is 29.1 Å². The van der Waals surface area contributed by atoms with Gasteiger partial charge in [0.25, 0.3) is 0 Å². The number of amides is 1. The molecule has 0 fully saturated rings.